The summed E-state index contributed by atoms with van der Waals surface area (Å²) in [6.07, 6.45) is -2.75. The highest BCUT2D eigenvalue weighted by atomic mass is 32.2. The molecular formula is C14H13F3N2S. The fourth-order valence-electron chi connectivity index (χ4n) is 1.78. The van der Waals surface area contributed by atoms with Crippen molar-refractivity contribution in [1.82, 2.24) is 4.98 Å². The fraction of sp³-hybridized carbons (Fsp3) is 0.214. The van der Waals surface area contributed by atoms with Gasteiger partial charge in [-0.3, -0.25) is 0 Å². The number of hydrogen-bond acceptors (Lipinski definition) is 3. The number of nitrogens with two attached hydrogens (primary N) is 1. The Kier molecular flexibility index (Phi) is 4.67. The monoisotopic (exact) mass is 298 g/mol. The Morgan fingerprint density at radius 3 is 2.45 bits per heavy atom. The van der Waals surface area contributed by atoms with Crippen LogP contribution in [0.4, 0.5) is 13.2 Å². The Morgan fingerprint density at radius 1 is 1.10 bits per heavy atom. The molecule has 2 N–H and O–H groups in total. The van der Waals surface area contributed by atoms with Crippen LogP contribution in [0.3, 0.4) is 0 Å². The minimum Gasteiger partial charge on any atom is -0.323 e. The van der Waals surface area contributed by atoms with E-state index in [0.29, 0.717) is 5.75 Å². The van der Waals surface area contributed by atoms with Crippen LogP contribution in [-0.4, -0.2) is 10.7 Å². The zero-order valence-electron chi connectivity index (χ0n) is 10.5. The van der Waals surface area contributed by atoms with Crippen molar-refractivity contribution in [3.05, 3.63) is 59.8 Å². The van der Waals surface area contributed by atoms with E-state index in [1.54, 1.807) is 24.4 Å². The van der Waals surface area contributed by atoms with Gasteiger partial charge in [0.15, 0.2) is 0 Å². The van der Waals surface area contributed by atoms with Gasteiger partial charge in [-0.05, 0) is 23.8 Å². The van der Waals surface area contributed by atoms with Crippen LogP contribution in [0.15, 0.2) is 53.7 Å². The lowest BCUT2D eigenvalue weighted by atomic mass is 10.0. The van der Waals surface area contributed by atoms with Gasteiger partial charge < -0.3 is 5.73 Å². The second kappa shape index (κ2) is 6.28. The summed E-state index contributed by atoms with van der Waals surface area (Å²) in [5.74, 6) is 0.337. The highest BCUT2D eigenvalue weighted by molar-refractivity contribution is 7.99. The van der Waals surface area contributed by atoms with Crippen LogP contribution in [0, 0.1) is 0 Å². The van der Waals surface area contributed by atoms with Crippen LogP contribution < -0.4 is 5.73 Å². The van der Waals surface area contributed by atoms with Crippen molar-refractivity contribution < 1.29 is 13.2 Å². The molecule has 6 heteroatoms. The Bertz CT molecular complexity index is 558. The van der Waals surface area contributed by atoms with E-state index < -0.39 is 17.8 Å². The number of nitrogens with zero attached hydrogens (tertiary/aromatic N) is 1. The number of thioether (sulfide) groups is 1. The van der Waals surface area contributed by atoms with E-state index in [1.165, 1.54) is 23.9 Å². The van der Waals surface area contributed by atoms with Gasteiger partial charge in [0.05, 0.1) is 10.6 Å². The summed E-state index contributed by atoms with van der Waals surface area (Å²) >= 11 is 1.34. The van der Waals surface area contributed by atoms with E-state index in [1.807, 2.05) is 6.07 Å². The number of benzene rings is 1. The molecule has 0 fully saturated rings. The number of alkyl halides is 3. The maximum atomic E-state index is 12.9. The van der Waals surface area contributed by atoms with Crippen molar-refractivity contribution in [2.24, 2.45) is 5.73 Å². The average Bonchev–Trinajstić information content (AvgIpc) is 2.45. The summed E-state index contributed by atoms with van der Waals surface area (Å²) < 4.78 is 38.7. The van der Waals surface area contributed by atoms with Crippen LogP contribution in [0.25, 0.3) is 0 Å². The van der Waals surface area contributed by atoms with Gasteiger partial charge in [0.2, 0.25) is 0 Å². The molecule has 0 spiro atoms. The lowest BCUT2D eigenvalue weighted by molar-refractivity contribution is -0.138. The molecule has 0 aliphatic rings. The maximum absolute atomic E-state index is 12.9. The third kappa shape index (κ3) is 3.74. The molecule has 0 aliphatic carbocycles. The molecular weight excluding hydrogens is 285 g/mol. The van der Waals surface area contributed by atoms with Crippen LogP contribution in [0.2, 0.25) is 0 Å². The molecule has 0 amide bonds. The number of rotatable bonds is 4. The molecule has 1 aromatic carbocycles. The smallest absolute Gasteiger partial charge is 0.323 e. The summed E-state index contributed by atoms with van der Waals surface area (Å²) in [6.45, 7) is 0. The number of aromatic nitrogens is 1. The van der Waals surface area contributed by atoms with Crippen LogP contribution in [-0.2, 0) is 6.18 Å². The lowest BCUT2D eigenvalue weighted by Gasteiger charge is -2.17. The van der Waals surface area contributed by atoms with E-state index in [9.17, 15) is 13.2 Å². The molecule has 0 saturated carbocycles. The highest BCUT2D eigenvalue weighted by Crippen LogP contribution is 2.35. The molecule has 0 bridgehead atoms. The molecule has 0 aliphatic heterocycles. The van der Waals surface area contributed by atoms with Crippen LogP contribution >= 0.6 is 11.8 Å². The lowest BCUT2D eigenvalue weighted by Crippen LogP contribution is -2.19. The van der Waals surface area contributed by atoms with Gasteiger partial charge in [0.25, 0.3) is 0 Å². The van der Waals surface area contributed by atoms with E-state index in [4.69, 9.17) is 5.73 Å². The largest absolute Gasteiger partial charge is 0.416 e. The highest BCUT2D eigenvalue weighted by Gasteiger charge is 2.34. The Labute approximate surface area is 119 Å². The van der Waals surface area contributed by atoms with Crippen molar-refractivity contribution in [1.29, 1.82) is 0 Å². The van der Waals surface area contributed by atoms with E-state index in [2.05, 4.69) is 4.98 Å². The summed E-state index contributed by atoms with van der Waals surface area (Å²) in [5, 5.41) is 0.743. The quantitative estimate of drug-likeness (QED) is 0.870. The summed E-state index contributed by atoms with van der Waals surface area (Å²) in [6, 6.07) is 10.1. The molecule has 2 rings (SSSR count). The molecule has 2 nitrogen and oxygen atoms in total. The maximum Gasteiger partial charge on any atom is 0.416 e. The van der Waals surface area contributed by atoms with E-state index in [-0.39, 0.29) is 5.56 Å². The second-order valence-electron chi connectivity index (χ2n) is 4.17. The SMILES string of the molecule is NC(CSc1ccccn1)c1ccccc1C(F)(F)F. The Balaban J connectivity index is 2.12. The minimum atomic E-state index is -4.39. The van der Waals surface area contributed by atoms with Crippen molar-refractivity contribution in [3.8, 4) is 0 Å². The van der Waals surface area contributed by atoms with Gasteiger partial charge >= 0.3 is 6.18 Å². The third-order valence-corrected chi connectivity index (χ3v) is 3.78. The molecule has 0 radical (unpaired) electrons. The predicted molar refractivity (Wildman–Crippen MR) is 73.3 cm³/mol. The van der Waals surface area contributed by atoms with Gasteiger partial charge in [0, 0.05) is 18.0 Å². The molecule has 1 aromatic heterocycles. The average molecular weight is 298 g/mol. The predicted octanol–water partition coefficient (Wildman–Crippen LogP) is 3.89. The van der Waals surface area contributed by atoms with Crippen molar-refractivity contribution in [2.45, 2.75) is 17.2 Å². The first-order chi connectivity index (χ1) is 9.48. The van der Waals surface area contributed by atoms with Crippen LogP contribution in [0.5, 0.6) is 0 Å². The molecule has 20 heavy (non-hydrogen) atoms. The first kappa shape index (κ1) is 14.9. The molecule has 1 unspecified atom stereocenters. The molecule has 2 aromatic rings. The first-order valence-corrected chi connectivity index (χ1v) is 6.92. The van der Waals surface area contributed by atoms with E-state index >= 15 is 0 Å². The second-order valence-corrected chi connectivity index (χ2v) is 5.21. The Hall–Kier alpha value is -1.53. The minimum absolute atomic E-state index is 0.114. The Morgan fingerprint density at radius 2 is 1.80 bits per heavy atom. The number of halogens is 3. The van der Waals surface area contributed by atoms with Crippen molar-refractivity contribution in [2.75, 3.05) is 5.75 Å². The third-order valence-electron chi connectivity index (χ3n) is 2.71. The zero-order chi connectivity index (χ0) is 14.6. The normalized spacial score (nSPS) is 13.2. The van der Waals surface area contributed by atoms with Crippen LogP contribution in [0.1, 0.15) is 17.2 Å². The number of pyridine rings is 1. The standard InChI is InChI=1S/C14H13F3N2S/c15-14(16,17)11-6-2-1-5-10(11)12(18)9-20-13-7-3-4-8-19-13/h1-8,12H,9,18H2. The van der Waals surface area contributed by atoms with E-state index in [0.717, 1.165) is 11.1 Å². The first-order valence-electron chi connectivity index (χ1n) is 5.94. The summed E-state index contributed by atoms with van der Waals surface area (Å²) in [7, 11) is 0. The topological polar surface area (TPSA) is 38.9 Å². The van der Waals surface area contributed by atoms with Gasteiger partial charge in [-0.1, -0.05) is 24.3 Å². The molecule has 0 saturated heterocycles. The zero-order valence-corrected chi connectivity index (χ0v) is 11.3. The molecule has 1 atom stereocenters. The fourth-order valence-corrected chi connectivity index (χ4v) is 2.62. The molecule has 106 valence electrons. The summed E-state index contributed by atoms with van der Waals surface area (Å²) in [4.78, 5) is 4.10. The summed E-state index contributed by atoms with van der Waals surface area (Å²) in [5.41, 5.74) is 5.33. The van der Waals surface area contributed by atoms with Crippen molar-refractivity contribution >= 4 is 11.8 Å². The van der Waals surface area contributed by atoms with Gasteiger partial charge in [-0.2, -0.15) is 13.2 Å². The number of hydrogen-bond donors (Lipinski definition) is 1. The van der Waals surface area contributed by atoms with Gasteiger partial charge in [-0.15, -0.1) is 11.8 Å². The van der Waals surface area contributed by atoms with Gasteiger partial charge in [-0.25, -0.2) is 4.98 Å². The van der Waals surface area contributed by atoms with Gasteiger partial charge in [0.1, 0.15) is 0 Å². The van der Waals surface area contributed by atoms with Crippen molar-refractivity contribution in [3.63, 3.8) is 0 Å². The molecule has 1 heterocycles.